The van der Waals surface area contributed by atoms with Crippen LogP contribution in [0.5, 0.6) is 0 Å². The van der Waals surface area contributed by atoms with Crippen LogP contribution in [0.25, 0.3) is 0 Å². The minimum absolute atomic E-state index is 0.0896. The molecule has 0 fully saturated rings. The molecular formula is C11H16FNO. The van der Waals surface area contributed by atoms with Gasteiger partial charge in [-0.05, 0) is 31.5 Å². The first-order chi connectivity index (χ1) is 6.63. The molecule has 3 heteroatoms. The van der Waals surface area contributed by atoms with Crippen molar-refractivity contribution in [2.24, 2.45) is 5.73 Å². The lowest BCUT2D eigenvalue weighted by Gasteiger charge is -2.19. The first-order valence-electron chi connectivity index (χ1n) is 4.74. The number of nitrogens with two attached hydrogens (primary N) is 1. The van der Waals surface area contributed by atoms with Crippen molar-refractivity contribution in [2.75, 3.05) is 6.54 Å². The summed E-state index contributed by atoms with van der Waals surface area (Å²) >= 11 is 0. The highest BCUT2D eigenvalue weighted by atomic mass is 19.1. The van der Waals surface area contributed by atoms with Gasteiger partial charge in [-0.15, -0.1) is 0 Å². The smallest absolute Gasteiger partial charge is 0.123 e. The maximum atomic E-state index is 12.9. The highest BCUT2D eigenvalue weighted by Gasteiger charge is 2.11. The Labute approximate surface area is 83.9 Å². The average Bonchev–Trinajstić information content (AvgIpc) is 2.14. The fourth-order valence-corrected chi connectivity index (χ4v) is 1.31. The van der Waals surface area contributed by atoms with Crippen molar-refractivity contribution >= 4 is 0 Å². The van der Waals surface area contributed by atoms with Crippen LogP contribution < -0.4 is 5.73 Å². The number of benzene rings is 1. The lowest BCUT2D eigenvalue weighted by Crippen LogP contribution is -2.19. The second-order valence-electron chi connectivity index (χ2n) is 3.46. The second-order valence-corrected chi connectivity index (χ2v) is 3.46. The van der Waals surface area contributed by atoms with E-state index >= 15 is 0 Å². The molecule has 0 radical (unpaired) electrons. The Hall–Kier alpha value is -0.930. The Balaban J connectivity index is 2.78. The Bertz CT molecular complexity index is 288. The molecule has 1 aromatic carbocycles. The molecule has 2 N–H and O–H groups in total. The highest BCUT2D eigenvalue weighted by molar-refractivity contribution is 5.19. The van der Waals surface area contributed by atoms with Gasteiger partial charge < -0.3 is 10.5 Å². The first-order valence-corrected chi connectivity index (χ1v) is 4.74. The summed E-state index contributed by atoms with van der Waals surface area (Å²) in [4.78, 5) is 0. The fraction of sp³-hybridized carbons (Fsp3) is 0.455. The molecule has 0 saturated heterocycles. The van der Waals surface area contributed by atoms with E-state index in [2.05, 4.69) is 0 Å². The summed E-state index contributed by atoms with van der Waals surface area (Å²) in [5.74, 6) is -0.256. The SMILES string of the molecule is CC(C)O[C@@H](CN)c1cccc(F)c1. The molecule has 2 nitrogen and oxygen atoms in total. The van der Waals surface area contributed by atoms with E-state index in [4.69, 9.17) is 10.5 Å². The quantitative estimate of drug-likeness (QED) is 0.803. The van der Waals surface area contributed by atoms with Gasteiger partial charge in [-0.2, -0.15) is 0 Å². The topological polar surface area (TPSA) is 35.2 Å². The van der Waals surface area contributed by atoms with Crippen molar-refractivity contribution in [3.8, 4) is 0 Å². The molecule has 0 spiro atoms. The van der Waals surface area contributed by atoms with Gasteiger partial charge >= 0.3 is 0 Å². The molecule has 0 aliphatic heterocycles. The summed E-state index contributed by atoms with van der Waals surface area (Å²) in [6.07, 6.45) is -0.127. The number of hydrogen-bond donors (Lipinski definition) is 1. The normalized spacial score (nSPS) is 13.2. The minimum atomic E-state index is -0.256. The van der Waals surface area contributed by atoms with Crippen molar-refractivity contribution in [3.63, 3.8) is 0 Å². The van der Waals surface area contributed by atoms with Crippen molar-refractivity contribution in [1.82, 2.24) is 0 Å². The van der Waals surface area contributed by atoms with Crippen LogP contribution in [-0.4, -0.2) is 12.6 Å². The molecule has 0 unspecified atom stereocenters. The van der Waals surface area contributed by atoms with Crippen LogP contribution in [0.15, 0.2) is 24.3 Å². The molecule has 0 aliphatic rings. The zero-order chi connectivity index (χ0) is 10.6. The molecular weight excluding hydrogens is 181 g/mol. The van der Waals surface area contributed by atoms with Gasteiger partial charge in [-0.3, -0.25) is 0 Å². The zero-order valence-electron chi connectivity index (χ0n) is 8.53. The molecule has 0 heterocycles. The molecule has 0 amide bonds. The van der Waals surface area contributed by atoms with Crippen molar-refractivity contribution in [3.05, 3.63) is 35.6 Å². The summed E-state index contributed by atoms with van der Waals surface area (Å²) in [5.41, 5.74) is 6.35. The first kappa shape index (κ1) is 11.1. The molecule has 1 atom stereocenters. The average molecular weight is 197 g/mol. The van der Waals surface area contributed by atoms with Crippen molar-refractivity contribution < 1.29 is 9.13 Å². The molecule has 0 aromatic heterocycles. The van der Waals surface area contributed by atoms with Crippen LogP contribution in [0.2, 0.25) is 0 Å². The molecule has 0 saturated carbocycles. The summed E-state index contributed by atoms with van der Waals surface area (Å²) in [7, 11) is 0. The number of rotatable bonds is 4. The predicted octanol–water partition coefficient (Wildman–Crippen LogP) is 2.25. The Morgan fingerprint density at radius 3 is 2.64 bits per heavy atom. The van der Waals surface area contributed by atoms with E-state index in [0.717, 1.165) is 5.56 Å². The third kappa shape index (κ3) is 3.09. The number of hydrogen-bond acceptors (Lipinski definition) is 2. The number of ether oxygens (including phenoxy) is 1. The van der Waals surface area contributed by atoms with E-state index in [9.17, 15) is 4.39 Å². The van der Waals surface area contributed by atoms with E-state index in [0.29, 0.717) is 6.54 Å². The standard InChI is InChI=1S/C11H16FNO/c1-8(2)14-11(7-13)9-4-3-5-10(12)6-9/h3-6,8,11H,7,13H2,1-2H3/t11-/m0/s1. The molecule has 14 heavy (non-hydrogen) atoms. The van der Waals surface area contributed by atoms with Crippen LogP contribution in [0, 0.1) is 5.82 Å². The number of halogens is 1. The van der Waals surface area contributed by atoms with Gasteiger partial charge in [0, 0.05) is 6.54 Å². The molecule has 1 aromatic rings. The fourth-order valence-electron chi connectivity index (χ4n) is 1.31. The van der Waals surface area contributed by atoms with Crippen LogP contribution in [-0.2, 0) is 4.74 Å². The molecule has 0 bridgehead atoms. The largest absolute Gasteiger partial charge is 0.370 e. The third-order valence-corrected chi connectivity index (χ3v) is 1.87. The molecule has 1 rings (SSSR count). The van der Waals surface area contributed by atoms with E-state index in [1.165, 1.54) is 12.1 Å². The summed E-state index contributed by atoms with van der Waals surface area (Å²) in [5, 5.41) is 0. The van der Waals surface area contributed by atoms with Gasteiger partial charge in [-0.25, -0.2) is 4.39 Å². The van der Waals surface area contributed by atoms with Crippen molar-refractivity contribution in [1.29, 1.82) is 0 Å². The maximum absolute atomic E-state index is 12.9. The summed E-state index contributed by atoms with van der Waals surface area (Å²) in [6.45, 7) is 4.23. The van der Waals surface area contributed by atoms with Gasteiger partial charge in [-0.1, -0.05) is 12.1 Å². The third-order valence-electron chi connectivity index (χ3n) is 1.87. The monoisotopic (exact) mass is 197 g/mol. The lowest BCUT2D eigenvalue weighted by molar-refractivity contribution is 0.0118. The predicted molar refractivity (Wildman–Crippen MR) is 54.4 cm³/mol. The van der Waals surface area contributed by atoms with Gasteiger partial charge in [0.2, 0.25) is 0 Å². The van der Waals surface area contributed by atoms with Gasteiger partial charge in [0.25, 0.3) is 0 Å². The summed E-state index contributed by atoms with van der Waals surface area (Å²) in [6, 6.07) is 6.35. The Morgan fingerprint density at radius 1 is 1.43 bits per heavy atom. The van der Waals surface area contributed by atoms with Crippen LogP contribution in [0.1, 0.15) is 25.5 Å². The minimum Gasteiger partial charge on any atom is -0.370 e. The van der Waals surface area contributed by atoms with Crippen LogP contribution >= 0.6 is 0 Å². The van der Waals surface area contributed by atoms with E-state index in [1.54, 1.807) is 6.07 Å². The highest BCUT2D eigenvalue weighted by Crippen LogP contribution is 2.18. The summed E-state index contributed by atoms with van der Waals surface area (Å²) < 4.78 is 18.5. The molecule has 0 aliphatic carbocycles. The van der Waals surface area contributed by atoms with Crippen LogP contribution in [0.3, 0.4) is 0 Å². The van der Waals surface area contributed by atoms with E-state index in [1.807, 2.05) is 19.9 Å². The lowest BCUT2D eigenvalue weighted by atomic mass is 10.1. The van der Waals surface area contributed by atoms with Crippen LogP contribution in [0.4, 0.5) is 4.39 Å². The van der Waals surface area contributed by atoms with Crippen molar-refractivity contribution in [2.45, 2.75) is 26.1 Å². The molecule has 78 valence electrons. The Kier molecular flexibility index (Phi) is 4.04. The van der Waals surface area contributed by atoms with Gasteiger partial charge in [0.1, 0.15) is 5.82 Å². The van der Waals surface area contributed by atoms with Gasteiger partial charge in [0.15, 0.2) is 0 Å². The maximum Gasteiger partial charge on any atom is 0.123 e. The van der Waals surface area contributed by atoms with Gasteiger partial charge in [0.05, 0.1) is 12.2 Å². The Morgan fingerprint density at radius 2 is 2.14 bits per heavy atom. The zero-order valence-corrected chi connectivity index (χ0v) is 8.53. The van der Waals surface area contributed by atoms with E-state index < -0.39 is 0 Å². The van der Waals surface area contributed by atoms with E-state index in [-0.39, 0.29) is 18.0 Å². The second kappa shape index (κ2) is 5.08.